The van der Waals surface area contributed by atoms with Gasteiger partial charge in [-0.3, -0.25) is 4.79 Å². The van der Waals surface area contributed by atoms with Crippen LogP contribution in [0.1, 0.15) is 118 Å². The molecular weight excluding hydrogens is 518 g/mol. The zero-order valence-electron chi connectivity index (χ0n) is 28.4. The SMILES string of the molecule is CC(C)CCC[C@@H](C)[C@H]1CCC2C3CC=C4CC(OCCCC(=O)CNCCN(C)CCN)CCC4(C)C3CCC21C. The molecule has 3 saturated carbocycles. The van der Waals surface area contributed by atoms with E-state index in [0.717, 1.165) is 68.0 Å². The van der Waals surface area contributed by atoms with E-state index in [0.29, 0.717) is 48.8 Å². The van der Waals surface area contributed by atoms with Crippen LogP contribution < -0.4 is 11.1 Å². The average Bonchev–Trinajstić information content (AvgIpc) is 3.30. The minimum Gasteiger partial charge on any atom is -0.378 e. The van der Waals surface area contributed by atoms with Crippen molar-refractivity contribution < 1.29 is 9.53 Å². The van der Waals surface area contributed by atoms with Crippen molar-refractivity contribution in [3.05, 3.63) is 11.6 Å². The maximum absolute atomic E-state index is 12.3. The van der Waals surface area contributed by atoms with E-state index < -0.39 is 0 Å². The first-order valence-electron chi connectivity index (χ1n) is 18.0. The van der Waals surface area contributed by atoms with E-state index >= 15 is 0 Å². The molecule has 3 fully saturated rings. The number of rotatable bonds is 17. The van der Waals surface area contributed by atoms with Crippen LogP contribution in [0.5, 0.6) is 0 Å². The van der Waals surface area contributed by atoms with Gasteiger partial charge in [-0.15, -0.1) is 0 Å². The van der Waals surface area contributed by atoms with Gasteiger partial charge in [-0.2, -0.15) is 0 Å². The fourth-order valence-corrected chi connectivity index (χ4v) is 10.2. The lowest BCUT2D eigenvalue weighted by Gasteiger charge is -2.58. The molecule has 8 atom stereocenters. The number of allylic oxidation sites excluding steroid dienone is 1. The van der Waals surface area contributed by atoms with Crippen LogP contribution in [0.3, 0.4) is 0 Å². The fourth-order valence-electron chi connectivity index (χ4n) is 10.2. The normalized spacial score (nSPS) is 35.1. The number of nitrogens with one attached hydrogen (secondary N) is 1. The number of ether oxygens (including phenoxy) is 1. The molecule has 3 N–H and O–H groups in total. The standard InChI is InChI=1S/C37H67N3O2/c1-27(2)9-7-10-28(3)33-14-15-34-32-13-12-29-25-31(16-18-36(29,4)35(32)17-19-37(33,34)5)42-24-8-11-30(41)26-39-21-23-40(6)22-20-38/h12,27-28,31-35,39H,7-11,13-26,38H2,1-6H3/t28-,31?,32?,33-,34?,35?,36?,37?/m1/s1. The summed E-state index contributed by atoms with van der Waals surface area (Å²) >= 11 is 0. The van der Waals surface area contributed by atoms with Crippen LogP contribution in [-0.2, 0) is 9.53 Å². The van der Waals surface area contributed by atoms with Crippen molar-refractivity contribution in [1.29, 1.82) is 0 Å². The molecule has 0 heterocycles. The molecule has 4 aliphatic carbocycles. The highest BCUT2D eigenvalue weighted by Crippen LogP contribution is 2.67. The largest absolute Gasteiger partial charge is 0.378 e. The molecule has 242 valence electrons. The second-order valence-electron chi connectivity index (χ2n) is 15.9. The van der Waals surface area contributed by atoms with E-state index in [2.05, 4.69) is 58.0 Å². The first-order chi connectivity index (χ1) is 20.1. The van der Waals surface area contributed by atoms with Crippen molar-refractivity contribution in [1.82, 2.24) is 10.2 Å². The first kappa shape index (κ1) is 34.1. The average molecular weight is 586 g/mol. The molecule has 0 saturated heterocycles. The van der Waals surface area contributed by atoms with Gasteiger partial charge in [0.25, 0.3) is 0 Å². The molecule has 5 heteroatoms. The molecule has 5 nitrogen and oxygen atoms in total. The first-order valence-corrected chi connectivity index (χ1v) is 18.0. The van der Waals surface area contributed by atoms with Gasteiger partial charge in [0.1, 0.15) is 5.78 Å². The molecule has 0 amide bonds. The Kier molecular flexibility index (Phi) is 12.6. The number of hydrogen-bond donors (Lipinski definition) is 2. The lowest BCUT2D eigenvalue weighted by atomic mass is 9.47. The maximum atomic E-state index is 12.3. The summed E-state index contributed by atoms with van der Waals surface area (Å²) in [6.07, 6.45) is 19.4. The Labute approximate surface area is 259 Å². The van der Waals surface area contributed by atoms with Crippen LogP contribution in [0.15, 0.2) is 11.6 Å². The Morgan fingerprint density at radius 2 is 1.88 bits per heavy atom. The molecule has 4 aliphatic rings. The van der Waals surface area contributed by atoms with Gasteiger partial charge in [0.2, 0.25) is 0 Å². The van der Waals surface area contributed by atoms with Gasteiger partial charge in [0.05, 0.1) is 12.6 Å². The highest BCUT2D eigenvalue weighted by molar-refractivity contribution is 5.80. The summed E-state index contributed by atoms with van der Waals surface area (Å²) < 4.78 is 6.39. The zero-order valence-corrected chi connectivity index (χ0v) is 28.4. The molecule has 6 unspecified atom stereocenters. The lowest BCUT2D eigenvalue weighted by molar-refractivity contribution is -0.118. The number of nitrogens with zero attached hydrogens (tertiary/aromatic N) is 1. The van der Waals surface area contributed by atoms with E-state index in [1.165, 1.54) is 64.2 Å². The predicted molar refractivity (Wildman–Crippen MR) is 176 cm³/mol. The van der Waals surface area contributed by atoms with Gasteiger partial charge in [-0.05, 0) is 111 Å². The summed E-state index contributed by atoms with van der Waals surface area (Å²) in [5.74, 6) is 5.63. The van der Waals surface area contributed by atoms with E-state index in [1.807, 2.05) is 0 Å². The van der Waals surface area contributed by atoms with Crippen molar-refractivity contribution in [2.45, 2.75) is 124 Å². The Morgan fingerprint density at radius 1 is 1.07 bits per heavy atom. The van der Waals surface area contributed by atoms with Crippen LogP contribution in [0.4, 0.5) is 0 Å². The Balaban J connectivity index is 1.21. The molecule has 0 aromatic carbocycles. The Hall–Kier alpha value is -0.750. The fraction of sp³-hybridized carbons (Fsp3) is 0.919. The van der Waals surface area contributed by atoms with E-state index in [9.17, 15) is 4.79 Å². The van der Waals surface area contributed by atoms with Gasteiger partial charge < -0.3 is 20.7 Å². The van der Waals surface area contributed by atoms with Crippen molar-refractivity contribution in [3.8, 4) is 0 Å². The van der Waals surface area contributed by atoms with Crippen LogP contribution in [0.25, 0.3) is 0 Å². The van der Waals surface area contributed by atoms with Gasteiger partial charge in [-0.1, -0.05) is 65.5 Å². The Morgan fingerprint density at radius 3 is 2.64 bits per heavy atom. The van der Waals surface area contributed by atoms with Crippen LogP contribution in [0.2, 0.25) is 0 Å². The molecule has 0 aliphatic heterocycles. The van der Waals surface area contributed by atoms with E-state index in [-0.39, 0.29) is 0 Å². The number of ketones is 1. The maximum Gasteiger partial charge on any atom is 0.146 e. The third kappa shape index (κ3) is 8.09. The van der Waals surface area contributed by atoms with E-state index in [4.69, 9.17) is 10.5 Å². The minimum atomic E-state index is 0.292. The Bertz CT molecular complexity index is 888. The van der Waals surface area contributed by atoms with E-state index in [1.54, 1.807) is 5.57 Å². The molecule has 0 radical (unpaired) electrons. The number of likely N-dealkylation sites (N-methyl/N-ethyl adjacent to an activating group) is 1. The highest BCUT2D eigenvalue weighted by atomic mass is 16.5. The third-order valence-corrected chi connectivity index (χ3v) is 12.7. The zero-order chi connectivity index (χ0) is 30.3. The second-order valence-corrected chi connectivity index (χ2v) is 15.9. The molecule has 42 heavy (non-hydrogen) atoms. The second kappa shape index (κ2) is 15.5. The summed E-state index contributed by atoms with van der Waals surface area (Å²) in [7, 11) is 2.06. The summed E-state index contributed by atoms with van der Waals surface area (Å²) in [6, 6.07) is 0. The van der Waals surface area contributed by atoms with Gasteiger partial charge >= 0.3 is 0 Å². The third-order valence-electron chi connectivity index (χ3n) is 12.7. The predicted octanol–water partition coefficient (Wildman–Crippen LogP) is 7.24. The number of carbonyl (C=O) groups excluding carboxylic acids is 1. The summed E-state index contributed by atoms with van der Waals surface area (Å²) in [5.41, 5.74) is 8.24. The quantitative estimate of drug-likeness (QED) is 0.139. The molecule has 0 aromatic heterocycles. The highest BCUT2D eigenvalue weighted by Gasteiger charge is 2.59. The summed E-state index contributed by atoms with van der Waals surface area (Å²) in [6.45, 7) is 17.2. The van der Waals surface area contributed by atoms with Crippen molar-refractivity contribution in [3.63, 3.8) is 0 Å². The molecule has 0 aromatic rings. The van der Waals surface area contributed by atoms with Crippen LogP contribution in [0, 0.1) is 46.3 Å². The number of nitrogens with two attached hydrogens (primary N) is 1. The smallest absolute Gasteiger partial charge is 0.146 e. The lowest BCUT2D eigenvalue weighted by Crippen LogP contribution is -2.51. The molecule has 4 rings (SSSR count). The summed E-state index contributed by atoms with van der Waals surface area (Å²) in [4.78, 5) is 14.5. The van der Waals surface area contributed by atoms with Crippen molar-refractivity contribution in [2.75, 3.05) is 46.4 Å². The monoisotopic (exact) mass is 586 g/mol. The van der Waals surface area contributed by atoms with Crippen LogP contribution in [-0.4, -0.2) is 63.2 Å². The number of carbonyl (C=O) groups is 1. The summed E-state index contributed by atoms with van der Waals surface area (Å²) in [5, 5.41) is 3.28. The molecule has 0 spiro atoms. The number of fused-ring (bicyclic) bond motifs is 5. The molecular formula is C37H67N3O2. The number of hydrogen-bond acceptors (Lipinski definition) is 5. The van der Waals surface area contributed by atoms with Crippen molar-refractivity contribution >= 4 is 5.78 Å². The van der Waals surface area contributed by atoms with Crippen LogP contribution >= 0.6 is 0 Å². The topological polar surface area (TPSA) is 67.6 Å². The number of Topliss-reactive ketones (excluding diaryl/α,β-unsaturated/α-hetero) is 1. The van der Waals surface area contributed by atoms with Gasteiger partial charge in [-0.25, -0.2) is 0 Å². The van der Waals surface area contributed by atoms with Gasteiger partial charge in [0.15, 0.2) is 0 Å². The van der Waals surface area contributed by atoms with Crippen molar-refractivity contribution in [2.24, 2.45) is 52.1 Å². The molecule has 0 bridgehead atoms. The minimum absolute atomic E-state index is 0.292. The van der Waals surface area contributed by atoms with Gasteiger partial charge in [0, 0.05) is 39.2 Å².